The molecule has 1 amide bonds. The van der Waals surface area contributed by atoms with E-state index in [2.05, 4.69) is 35.7 Å². The molecule has 3 aromatic rings. The summed E-state index contributed by atoms with van der Waals surface area (Å²) in [6.45, 7) is 3.48. The fraction of sp³-hybridized carbons (Fsp3) is 0.421. The molecule has 2 atom stereocenters. The van der Waals surface area contributed by atoms with E-state index >= 15 is 0 Å². The van der Waals surface area contributed by atoms with Crippen LogP contribution in [0.25, 0.3) is 11.0 Å². The summed E-state index contributed by atoms with van der Waals surface area (Å²) in [5.41, 5.74) is 3.63. The van der Waals surface area contributed by atoms with Gasteiger partial charge in [0.25, 0.3) is 5.91 Å². The molecule has 0 saturated carbocycles. The molecule has 5 heterocycles. The van der Waals surface area contributed by atoms with Gasteiger partial charge in [0, 0.05) is 44.6 Å². The zero-order valence-electron chi connectivity index (χ0n) is 14.9. The van der Waals surface area contributed by atoms with Gasteiger partial charge in [0.15, 0.2) is 0 Å². The summed E-state index contributed by atoms with van der Waals surface area (Å²) in [7, 11) is 0. The summed E-state index contributed by atoms with van der Waals surface area (Å²) in [5.74, 6) is 0.505. The number of fused-ring (bicyclic) bond motifs is 5. The minimum atomic E-state index is -0.00295. The van der Waals surface area contributed by atoms with Gasteiger partial charge in [0.1, 0.15) is 16.7 Å². The SMILES string of the molecule is O=C(c1cnccn1)N1C[C@H]2CC[C@@H](C1)N(Cc1ccc3nsnc3c1)C2. The van der Waals surface area contributed by atoms with Crippen molar-refractivity contribution < 1.29 is 4.79 Å². The summed E-state index contributed by atoms with van der Waals surface area (Å²) in [6, 6.07) is 6.72. The zero-order valence-corrected chi connectivity index (χ0v) is 15.7. The first-order valence-electron chi connectivity index (χ1n) is 9.27. The van der Waals surface area contributed by atoms with Crippen molar-refractivity contribution in [1.82, 2.24) is 28.5 Å². The molecule has 7 nitrogen and oxygen atoms in total. The molecule has 1 aromatic carbocycles. The molecule has 8 heteroatoms. The van der Waals surface area contributed by atoms with Crippen LogP contribution in [0, 0.1) is 5.92 Å². The quantitative estimate of drug-likeness (QED) is 0.694. The van der Waals surface area contributed by atoms with Crippen molar-refractivity contribution in [2.75, 3.05) is 19.6 Å². The van der Waals surface area contributed by atoms with E-state index in [1.807, 2.05) is 11.0 Å². The van der Waals surface area contributed by atoms with Crippen LogP contribution < -0.4 is 0 Å². The standard InChI is InChI=1S/C19H20N6OS/c26-19(18-8-20-5-6-21-18)25-11-14-1-3-15(12-25)24(10-14)9-13-2-4-16-17(7-13)23-27-22-16/h2,4-8,14-15H,1,3,9-12H2/t14-,15-/m0/s1. The molecule has 0 radical (unpaired) electrons. The van der Waals surface area contributed by atoms with Crippen LogP contribution in [-0.4, -0.2) is 60.1 Å². The molecular weight excluding hydrogens is 360 g/mol. The number of carbonyl (C=O) groups excluding carboxylic acids is 1. The fourth-order valence-electron chi connectivity index (χ4n) is 4.27. The lowest BCUT2D eigenvalue weighted by atomic mass is 9.94. The topological polar surface area (TPSA) is 75.1 Å². The molecule has 0 aliphatic carbocycles. The highest BCUT2D eigenvalue weighted by Crippen LogP contribution is 2.30. The van der Waals surface area contributed by atoms with E-state index in [0.29, 0.717) is 17.7 Å². The third-order valence-electron chi connectivity index (χ3n) is 5.60. The minimum absolute atomic E-state index is 0.00295. The molecule has 3 saturated heterocycles. The molecule has 6 rings (SSSR count). The second-order valence-electron chi connectivity index (χ2n) is 7.41. The number of piperidine rings is 1. The second kappa shape index (κ2) is 6.94. The van der Waals surface area contributed by atoms with E-state index in [9.17, 15) is 4.79 Å². The van der Waals surface area contributed by atoms with E-state index in [1.165, 1.54) is 23.7 Å². The number of hydrogen-bond acceptors (Lipinski definition) is 7. The summed E-state index contributed by atoms with van der Waals surface area (Å²) in [5, 5.41) is 0. The first-order valence-corrected chi connectivity index (χ1v) is 10.00. The molecular formula is C19H20N6OS. The molecule has 27 heavy (non-hydrogen) atoms. The lowest BCUT2D eigenvalue weighted by Crippen LogP contribution is -2.44. The van der Waals surface area contributed by atoms with Crippen LogP contribution in [0.2, 0.25) is 0 Å². The van der Waals surface area contributed by atoms with Gasteiger partial charge in [0.2, 0.25) is 0 Å². The number of benzene rings is 1. The highest BCUT2D eigenvalue weighted by atomic mass is 32.1. The van der Waals surface area contributed by atoms with E-state index in [1.54, 1.807) is 18.6 Å². The molecule has 2 aromatic heterocycles. The van der Waals surface area contributed by atoms with Crippen molar-refractivity contribution in [3.05, 3.63) is 48.0 Å². The Morgan fingerprint density at radius 2 is 2.04 bits per heavy atom. The summed E-state index contributed by atoms with van der Waals surface area (Å²) in [6.07, 6.45) is 7.05. The van der Waals surface area contributed by atoms with Gasteiger partial charge in [-0.1, -0.05) is 6.07 Å². The Hall–Kier alpha value is -2.45. The molecule has 2 bridgehead atoms. The predicted octanol–water partition coefficient (Wildman–Crippen LogP) is 2.22. The van der Waals surface area contributed by atoms with Gasteiger partial charge in [-0.3, -0.25) is 14.7 Å². The molecule has 138 valence electrons. The van der Waals surface area contributed by atoms with Crippen molar-refractivity contribution in [3.8, 4) is 0 Å². The third kappa shape index (κ3) is 3.30. The van der Waals surface area contributed by atoms with E-state index in [-0.39, 0.29) is 5.91 Å². The van der Waals surface area contributed by atoms with Gasteiger partial charge in [-0.2, -0.15) is 8.75 Å². The van der Waals surface area contributed by atoms with Crippen LogP contribution in [0.3, 0.4) is 0 Å². The van der Waals surface area contributed by atoms with Crippen LogP contribution in [0.15, 0.2) is 36.8 Å². The number of carbonyl (C=O) groups is 1. The van der Waals surface area contributed by atoms with Crippen LogP contribution in [0.4, 0.5) is 0 Å². The van der Waals surface area contributed by atoms with Crippen LogP contribution in [-0.2, 0) is 6.54 Å². The minimum Gasteiger partial charge on any atom is -0.335 e. The number of aromatic nitrogens is 4. The summed E-state index contributed by atoms with van der Waals surface area (Å²) in [4.78, 5) is 25.6. The Morgan fingerprint density at radius 3 is 2.93 bits per heavy atom. The van der Waals surface area contributed by atoms with E-state index < -0.39 is 0 Å². The molecule has 3 aliphatic heterocycles. The maximum Gasteiger partial charge on any atom is 0.274 e. The third-order valence-corrected chi connectivity index (χ3v) is 6.16. The maximum absolute atomic E-state index is 12.8. The Bertz CT molecular complexity index is 961. The van der Waals surface area contributed by atoms with Crippen molar-refractivity contribution in [1.29, 1.82) is 0 Å². The Labute approximate surface area is 161 Å². The molecule has 0 spiro atoms. The highest BCUT2D eigenvalue weighted by Gasteiger charge is 2.36. The first-order chi connectivity index (χ1) is 13.3. The van der Waals surface area contributed by atoms with Crippen LogP contribution >= 0.6 is 11.7 Å². The summed E-state index contributed by atoms with van der Waals surface area (Å²) >= 11 is 1.26. The summed E-state index contributed by atoms with van der Waals surface area (Å²) < 4.78 is 8.63. The van der Waals surface area contributed by atoms with E-state index in [4.69, 9.17) is 0 Å². The predicted molar refractivity (Wildman–Crippen MR) is 102 cm³/mol. The van der Waals surface area contributed by atoms with Gasteiger partial charge in [0.05, 0.1) is 17.9 Å². The second-order valence-corrected chi connectivity index (χ2v) is 7.94. The van der Waals surface area contributed by atoms with Crippen molar-refractivity contribution in [3.63, 3.8) is 0 Å². The Balaban J connectivity index is 1.34. The van der Waals surface area contributed by atoms with E-state index in [0.717, 1.165) is 43.6 Å². The average molecular weight is 380 g/mol. The largest absolute Gasteiger partial charge is 0.335 e. The van der Waals surface area contributed by atoms with Crippen molar-refractivity contribution in [2.24, 2.45) is 5.92 Å². The fourth-order valence-corrected chi connectivity index (χ4v) is 4.79. The zero-order chi connectivity index (χ0) is 18.2. The Morgan fingerprint density at radius 1 is 1.11 bits per heavy atom. The smallest absolute Gasteiger partial charge is 0.274 e. The number of nitrogens with zero attached hydrogens (tertiary/aromatic N) is 6. The first kappa shape index (κ1) is 16.7. The lowest BCUT2D eigenvalue weighted by Gasteiger charge is -2.36. The maximum atomic E-state index is 12.8. The number of hydrogen-bond donors (Lipinski definition) is 0. The number of amides is 1. The molecule has 0 unspecified atom stereocenters. The monoisotopic (exact) mass is 380 g/mol. The van der Waals surface area contributed by atoms with Gasteiger partial charge < -0.3 is 4.90 Å². The molecule has 3 aliphatic rings. The highest BCUT2D eigenvalue weighted by molar-refractivity contribution is 7.00. The average Bonchev–Trinajstić information content (AvgIpc) is 2.98. The molecule has 3 fully saturated rings. The van der Waals surface area contributed by atoms with Gasteiger partial charge in [-0.25, -0.2) is 4.98 Å². The van der Waals surface area contributed by atoms with Gasteiger partial charge in [-0.15, -0.1) is 0 Å². The lowest BCUT2D eigenvalue weighted by molar-refractivity contribution is 0.0729. The van der Waals surface area contributed by atoms with Crippen LogP contribution in [0.5, 0.6) is 0 Å². The normalized spacial score (nSPS) is 22.9. The van der Waals surface area contributed by atoms with Crippen LogP contribution in [0.1, 0.15) is 28.9 Å². The van der Waals surface area contributed by atoms with Crippen molar-refractivity contribution in [2.45, 2.75) is 25.4 Å². The Kier molecular flexibility index (Phi) is 4.29. The number of rotatable bonds is 3. The molecule has 0 N–H and O–H groups in total. The van der Waals surface area contributed by atoms with Gasteiger partial charge in [-0.05, 0) is 36.5 Å². The van der Waals surface area contributed by atoms with Gasteiger partial charge >= 0.3 is 0 Å². The van der Waals surface area contributed by atoms with Crippen molar-refractivity contribution >= 4 is 28.7 Å².